The molecule has 0 aromatic carbocycles. The Bertz CT molecular complexity index is 1460. The Balaban J connectivity index is 0.000000383. The molecule has 3 heterocycles. The van der Waals surface area contributed by atoms with Crippen LogP contribution in [0.2, 0.25) is 0 Å². The molecule has 14 nitrogen and oxygen atoms in total. The highest BCUT2D eigenvalue weighted by molar-refractivity contribution is 5.69. The summed E-state index contributed by atoms with van der Waals surface area (Å²) in [5.74, 6) is -1.26. The molecule has 0 aliphatic carbocycles. The lowest BCUT2D eigenvalue weighted by molar-refractivity contribution is -0.144. The number of hydrogen-bond donors (Lipinski definition) is 4. The Morgan fingerprint density at radius 3 is 1.82 bits per heavy atom. The molecule has 2 aromatic heterocycles. The quantitative estimate of drug-likeness (QED) is 0.0741. The number of unbranched alkanes of at least 4 members (excludes halogenated alkanes) is 4. The van der Waals surface area contributed by atoms with Crippen LogP contribution >= 0.6 is 0 Å². The highest BCUT2D eigenvalue weighted by Gasteiger charge is 2.39. The third-order valence-electron chi connectivity index (χ3n) is 9.10. The van der Waals surface area contributed by atoms with E-state index in [1.807, 2.05) is 26.0 Å². The Morgan fingerprint density at radius 2 is 1.29 bits per heavy atom. The van der Waals surface area contributed by atoms with Crippen molar-refractivity contribution in [3.8, 4) is 0 Å². The lowest BCUT2D eigenvalue weighted by Crippen LogP contribution is -2.23. The van der Waals surface area contributed by atoms with E-state index < -0.39 is 30.2 Å². The smallest absolute Gasteiger partial charge is 0.305 e. The summed E-state index contributed by atoms with van der Waals surface area (Å²) in [6.07, 6.45) is 19.3. The van der Waals surface area contributed by atoms with Crippen molar-refractivity contribution in [3.05, 3.63) is 59.7 Å². The molecule has 4 N–H and O–H groups in total. The van der Waals surface area contributed by atoms with Gasteiger partial charge in [-0.25, -0.2) is 19.9 Å². The number of carbonyl (C=O) groups is 2. The van der Waals surface area contributed by atoms with Crippen LogP contribution in [-0.2, 0) is 28.5 Å². The molecule has 55 heavy (non-hydrogen) atoms. The summed E-state index contributed by atoms with van der Waals surface area (Å²) in [6, 6.07) is 0. The van der Waals surface area contributed by atoms with Gasteiger partial charge in [0.25, 0.3) is 0 Å². The van der Waals surface area contributed by atoms with E-state index in [4.69, 9.17) is 14.2 Å². The fraction of sp³-hybridized carbons (Fsp3) is 0.659. The third kappa shape index (κ3) is 18.2. The van der Waals surface area contributed by atoms with Crippen molar-refractivity contribution < 1.29 is 49.0 Å². The second-order valence-electron chi connectivity index (χ2n) is 14.1. The average Bonchev–Trinajstić information content (AvgIpc) is 3.48. The van der Waals surface area contributed by atoms with E-state index in [1.165, 1.54) is 33.0 Å². The average molecular weight is 773 g/mol. The van der Waals surface area contributed by atoms with Gasteiger partial charge in [-0.2, -0.15) is 0 Å². The molecular weight excluding hydrogens is 708 g/mol. The molecule has 2 aromatic rings. The number of ether oxygens (including phenoxy) is 4. The van der Waals surface area contributed by atoms with Crippen LogP contribution in [0, 0.1) is 0 Å². The highest BCUT2D eigenvalue weighted by Crippen LogP contribution is 2.32. The molecule has 1 fully saturated rings. The normalized spacial score (nSPS) is 18.7. The predicted octanol–water partition coefficient (Wildman–Crippen LogP) is 6.14. The topological polar surface area (TPSA) is 204 Å². The van der Waals surface area contributed by atoms with Crippen LogP contribution in [0.5, 0.6) is 0 Å². The highest BCUT2D eigenvalue weighted by atomic mass is 16.7. The van der Waals surface area contributed by atoms with Crippen molar-refractivity contribution in [3.63, 3.8) is 0 Å². The number of hydrogen-bond acceptors (Lipinski definition) is 14. The molecule has 1 aliphatic heterocycles. The number of aromatic nitrogens is 4. The standard InChI is InChI=1S/C22H34N2O5.C19H30N2O5/c1-5-6-7-9-17(25)21-16(14-23-15-24-21)12-13-19-18(28-22(2,3)29-19)10-8-11-20(26)27-4;1-3-4-5-7-17(24)19-14(12-20-13-21-19)10-11-16(23)15(22)8-6-9-18(25)26-2/h12-15,17-19,25H,5-11H2,1-4H3;10-13,15-17,22-24H,3-9H2,1-2H3/b13-12+;11-10+/t17-,18+,19-;15-,16+,17+/m10/s1. The van der Waals surface area contributed by atoms with Crippen LogP contribution in [0.3, 0.4) is 0 Å². The summed E-state index contributed by atoms with van der Waals surface area (Å²) in [6.45, 7) is 7.99. The minimum atomic E-state index is -1.09. The van der Waals surface area contributed by atoms with Gasteiger partial charge < -0.3 is 39.4 Å². The Hall–Kier alpha value is -3.66. The fourth-order valence-corrected chi connectivity index (χ4v) is 6.02. The Kier molecular flexibility index (Phi) is 22.7. The van der Waals surface area contributed by atoms with Crippen LogP contribution in [0.15, 0.2) is 37.2 Å². The van der Waals surface area contributed by atoms with Crippen molar-refractivity contribution in [2.24, 2.45) is 0 Å². The first-order valence-corrected chi connectivity index (χ1v) is 19.5. The van der Waals surface area contributed by atoms with E-state index in [0.29, 0.717) is 55.5 Å². The number of rotatable bonds is 23. The van der Waals surface area contributed by atoms with E-state index >= 15 is 0 Å². The molecule has 1 saturated heterocycles. The molecule has 0 unspecified atom stereocenters. The van der Waals surface area contributed by atoms with Gasteiger partial charge in [0, 0.05) is 36.4 Å². The zero-order valence-electron chi connectivity index (χ0n) is 33.5. The molecule has 308 valence electrons. The lowest BCUT2D eigenvalue weighted by atomic mass is 10.0. The summed E-state index contributed by atoms with van der Waals surface area (Å²) >= 11 is 0. The first kappa shape index (κ1) is 47.5. The molecule has 0 radical (unpaired) electrons. The van der Waals surface area contributed by atoms with Crippen LogP contribution < -0.4 is 0 Å². The monoisotopic (exact) mass is 772 g/mol. The maximum Gasteiger partial charge on any atom is 0.305 e. The molecule has 14 heteroatoms. The van der Waals surface area contributed by atoms with Gasteiger partial charge in [-0.3, -0.25) is 9.59 Å². The minimum Gasteiger partial charge on any atom is -0.469 e. The summed E-state index contributed by atoms with van der Waals surface area (Å²) in [7, 11) is 2.70. The number of esters is 2. The van der Waals surface area contributed by atoms with E-state index in [9.17, 15) is 30.0 Å². The minimum absolute atomic E-state index is 0.159. The molecule has 0 bridgehead atoms. The molecule has 0 amide bonds. The molecule has 0 saturated carbocycles. The van der Waals surface area contributed by atoms with Crippen molar-refractivity contribution in [1.82, 2.24) is 19.9 Å². The summed E-state index contributed by atoms with van der Waals surface area (Å²) in [4.78, 5) is 38.9. The van der Waals surface area contributed by atoms with Gasteiger partial charge in [-0.1, -0.05) is 76.7 Å². The van der Waals surface area contributed by atoms with Crippen LogP contribution in [0.4, 0.5) is 0 Å². The largest absolute Gasteiger partial charge is 0.469 e. The van der Waals surface area contributed by atoms with Gasteiger partial charge in [0.2, 0.25) is 0 Å². The van der Waals surface area contributed by atoms with Crippen LogP contribution in [0.1, 0.15) is 152 Å². The first-order valence-electron chi connectivity index (χ1n) is 19.5. The van der Waals surface area contributed by atoms with Gasteiger partial charge in [0.05, 0.1) is 56.1 Å². The summed E-state index contributed by atoms with van der Waals surface area (Å²) in [5, 5.41) is 40.9. The third-order valence-corrected chi connectivity index (χ3v) is 9.10. The van der Waals surface area contributed by atoms with Crippen LogP contribution in [-0.4, -0.2) is 96.7 Å². The van der Waals surface area contributed by atoms with Gasteiger partial charge >= 0.3 is 11.9 Å². The van der Waals surface area contributed by atoms with Gasteiger partial charge in [0.1, 0.15) is 18.8 Å². The molecule has 0 spiro atoms. The maximum atomic E-state index is 11.4. The van der Waals surface area contributed by atoms with E-state index in [2.05, 4.69) is 38.5 Å². The van der Waals surface area contributed by atoms with Crippen LogP contribution in [0.25, 0.3) is 12.2 Å². The summed E-state index contributed by atoms with van der Waals surface area (Å²) < 4.78 is 21.3. The second-order valence-corrected chi connectivity index (χ2v) is 14.1. The molecule has 3 rings (SSSR count). The first-order chi connectivity index (χ1) is 26.3. The Morgan fingerprint density at radius 1 is 0.764 bits per heavy atom. The number of aliphatic hydroxyl groups is 4. The second kappa shape index (κ2) is 26.2. The fourth-order valence-electron chi connectivity index (χ4n) is 6.02. The van der Waals surface area contributed by atoms with Crippen molar-refractivity contribution >= 4 is 24.1 Å². The van der Waals surface area contributed by atoms with Gasteiger partial charge in [-0.15, -0.1) is 0 Å². The van der Waals surface area contributed by atoms with E-state index in [1.54, 1.807) is 18.5 Å². The molecule has 1 aliphatic rings. The lowest BCUT2D eigenvalue weighted by Gasteiger charge is -2.16. The zero-order chi connectivity index (χ0) is 40.6. The van der Waals surface area contributed by atoms with Crippen molar-refractivity contribution in [1.29, 1.82) is 0 Å². The number of carbonyl (C=O) groups excluding carboxylic acids is 2. The van der Waals surface area contributed by atoms with Crippen molar-refractivity contribution in [2.45, 2.75) is 160 Å². The number of nitrogens with zero attached hydrogens (tertiary/aromatic N) is 4. The number of methoxy groups -OCH3 is 2. The molecular formula is C41H64N4O10. The Labute approximate surface area is 326 Å². The van der Waals surface area contributed by atoms with E-state index in [0.717, 1.165) is 44.1 Å². The van der Waals surface area contributed by atoms with E-state index in [-0.39, 0.29) is 37.0 Å². The van der Waals surface area contributed by atoms with Gasteiger partial charge in [-0.05, 0) is 52.4 Å². The van der Waals surface area contributed by atoms with Gasteiger partial charge in [0.15, 0.2) is 5.79 Å². The summed E-state index contributed by atoms with van der Waals surface area (Å²) in [5.41, 5.74) is 2.53. The molecule has 6 atom stereocenters. The van der Waals surface area contributed by atoms with Crippen molar-refractivity contribution in [2.75, 3.05) is 14.2 Å². The SMILES string of the molecule is CCCCC[C@@H](O)c1ncncc1/C=C/[C@@H](O)[C@@H](O)CCCC(=O)OC.CCCCC[C@@H](O)c1ncncc1/C=C/[C@H]1OC(C)(C)O[C@H]1CCCC(=O)OC. The number of aliphatic hydroxyl groups excluding tert-OH is 4. The predicted molar refractivity (Wildman–Crippen MR) is 208 cm³/mol. The maximum absolute atomic E-state index is 11.4. The zero-order valence-corrected chi connectivity index (χ0v) is 33.5.